The summed E-state index contributed by atoms with van der Waals surface area (Å²) in [6, 6.07) is 0.429. The SMILES string of the molecule is CCS[C@@H]1CCC[C@@H]1NC(=O)[C@@H]1CC=CCC1. The summed E-state index contributed by atoms with van der Waals surface area (Å²) < 4.78 is 0. The van der Waals surface area contributed by atoms with Crippen LogP contribution in [0.15, 0.2) is 12.2 Å². The Labute approximate surface area is 109 Å². The molecule has 0 aliphatic heterocycles. The average Bonchev–Trinajstić information content (AvgIpc) is 2.78. The molecule has 0 unspecified atom stereocenters. The van der Waals surface area contributed by atoms with Crippen LogP contribution in [0.25, 0.3) is 0 Å². The fourth-order valence-electron chi connectivity index (χ4n) is 2.84. The zero-order valence-electron chi connectivity index (χ0n) is 10.7. The molecule has 2 nitrogen and oxygen atoms in total. The molecule has 1 amide bonds. The van der Waals surface area contributed by atoms with Gasteiger partial charge in [-0.05, 0) is 37.9 Å². The second-order valence-corrected chi connectivity index (χ2v) is 6.54. The first-order valence-corrected chi connectivity index (χ1v) is 7.93. The molecule has 0 spiro atoms. The molecule has 1 fully saturated rings. The van der Waals surface area contributed by atoms with Crippen LogP contribution in [0.5, 0.6) is 0 Å². The van der Waals surface area contributed by atoms with Crippen LogP contribution in [0.2, 0.25) is 0 Å². The van der Waals surface area contributed by atoms with Crippen LogP contribution in [0.1, 0.15) is 45.4 Å². The number of carbonyl (C=O) groups is 1. The van der Waals surface area contributed by atoms with Crippen LogP contribution in [-0.2, 0) is 4.79 Å². The molecule has 3 atom stereocenters. The van der Waals surface area contributed by atoms with E-state index >= 15 is 0 Å². The zero-order valence-corrected chi connectivity index (χ0v) is 11.5. The highest BCUT2D eigenvalue weighted by Gasteiger charge is 2.30. The van der Waals surface area contributed by atoms with Crippen LogP contribution in [0.3, 0.4) is 0 Å². The normalized spacial score (nSPS) is 32.6. The van der Waals surface area contributed by atoms with Crippen molar-refractivity contribution in [2.45, 2.75) is 56.7 Å². The van der Waals surface area contributed by atoms with E-state index in [1.807, 2.05) is 11.8 Å². The van der Waals surface area contributed by atoms with E-state index in [1.165, 1.54) is 19.3 Å². The van der Waals surface area contributed by atoms with Gasteiger partial charge in [-0.3, -0.25) is 4.79 Å². The first kappa shape index (κ1) is 13.0. The Morgan fingerprint density at radius 1 is 1.35 bits per heavy atom. The third-order valence-corrected chi connectivity index (χ3v) is 5.13. The number of nitrogens with one attached hydrogen (secondary N) is 1. The van der Waals surface area contributed by atoms with Crippen molar-refractivity contribution in [1.82, 2.24) is 5.32 Å². The Morgan fingerprint density at radius 3 is 2.94 bits per heavy atom. The van der Waals surface area contributed by atoms with Gasteiger partial charge in [-0.15, -0.1) is 0 Å². The predicted molar refractivity (Wildman–Crippen MR) is 74.2 cm³/mol. The van der Waals surface area contributed by atoms with Crippen LogP contribution in [-0.4, -0.2) is 23.0 Å². The number of hydrogen-bond acceptors (Lipinski definition) is 2. The van der Waals surface area contributed by atoms with E-state index in [0.717, 1.165) is 25.0 Å². The predicted octanol–water partition coefficient (Wildman–Crippen LogP) is 3.13. The summed E-state index contributed by atoms with van der Waals surface area (Å²) in [5, 5.41) is 3.95. The van der Waals surface area contributed by atoms with Crippen molar-refractivity contribution in [3.8, 4) is 0 Å². The zero-order chi connectivity index (χ0) is 12.1. The van der Waals surface area contributed by atoms with Gasteiger partial charge in [0, 0.05) is 17.2 Å². The number of allylic oxidation sites excluding steroid dienone is 2. The maximum atomic E-state index is 12.1. The number of rotatable bonds is 4. The molecule has 2 aliphatic carbocycles. The number of carbonyl (C=O) groups excluding carboxylic acids is 1. The molecule has 3 heteroatoms. The largest absolute Gasteiger partial charge is 0.352 e. The molecule has 0 heterocycles. The lowest BCUT2D eigenvalue weighted by Crippen LogP contribution is -2.42. The maximum Gasteiger partial charge on any atom is 0.223 e. The highest BCUT2D eigenvalue weighted by Crippen LogP contribution is 2.30. The van der Waals surface area contributed by atoms with E-state index < -0.39 is 0 Å². The van der Waals surface area contributed by atoms with E-state index in [0.29, 0.717) is 17.2 Å². The fourth-order valence-corrected chi connectivity index (χ4v) is 4.03. The van der Waals surface area contributed by atoms with E-state index in [4.69, 9.17) is 0 Å². The maximum absolute atomic E-state index is 12.1. The van der Waals surface area contributed by atoms with Gasteiger partial charge in [-0.25, -0.2) is 0 Å². The Hall–Kier alpha value is -0.440. The molecular formula is C14H23NOS. The minimum atomic E-state index is 0.230. The molecule has 0 saturated heterocycles. The van der Waals surface area contributed by atoms with Gasteiger partial charge in [0.25, 0.3) is 0 Å². The van der Waals surface area contributed by atoms with Crippen molar-refractivity contribution in [1.29, 1.82) is 0 Å². The van der Waals surface area contributed by atoms with Crippen molar-refractivity contribution in [3.05, 3.63) is 12.2 Å². The van der Waals surface area contributed by atoms with Crippen LogP contribution in [0, 0.1) is 5.92 Å². The van der Waals surface area contributed by atoms with Crippen molar-refractivity contribution >= 4 is 17.7 Å². The second-order valence-electron chi connectivity index (χ2n) is 5.02. The molecule has 0 radical (unpaired) electrons. The molecular weight excluding hydrogens is 230 g/mol. The minimum Gasteiger partial charge on any atom is -0.352 e. The summed E-state index contributed by atoms with van der Waals surface area (Å²) in [5.41, 5.74) is 0. The Bertz CT molecular complexity index is 290. The molecule has 0 bridgehead atoms. The van der Waals surface area contributed by atoms with Gasteiger partial charge < -0.3 is 5.32 Å². The van der Waals surface area contributed by atoms with E-state index in [2.05, 4.69) is 24.4 Å². The third-order valence-electron chi connectivity index (χ3n) is 3.80. The van der Waals surface area contributed by atoms with Crippen molar-refractivity contribution in [2.24, 2.45) is 5.92 Å². The second kappa shape index (κ2) is 6.48. The van der Waals surface area contributed by atoms with Gasteiger partial charge in [0.15, 0.2) is 0 Å². The lowest BCUT2D eigenvalue weighted by Gasteiger charge is -2.24. The standard InChI is InChI=1S/C14H23NOS/c1-2-17-13-10-6-9-12(13)15-14(16)11-7-4-3-5-8-11/h3-4,11-13H,2,5-10H2,1H3,(H,15,16)/t11-,12+,13-/m1/s1. The quantitative estimate of drug-likeness (QED) is 0.780. The molecule has 2 aliphatic rings. The van der Waals surface area contributed by atoms with Gasteiger partial charge in [0.1, 0.15) is 0 Å². The Morgan fingerprint density at radius 2 is 2.24 bits per heavy atom. The lowest BCUT2D eigenvalue weighted by atomic mass is 9.93. The number of thioether (sulfide) groups is 1. The summed E-state index contributed by atoms with van der Waals surface area (Å²) in [7, 11) is 0. The van der Waals surface area contributed by atoms with Crippen molar-refractivity contribution in [2.75, 3.05) is 5.75 Å². The molecule has 0 aromatic rings. The highest BCUT2D eigenvalue weighted by atomic mass is 32.2. The number of hydrogen-bond donors (Lipinski definition) is 1. The van der Waals surface area contributed by atoms with Gasteiger partial charge in [0.05, 0.1) is 0 Å². The van der Waals surface area contributed by atoms with Crippen molar-refractivity contribution in [3.63, 3.8) is 0 Å². The van der Waals surface area contributed by atoms with Gasteiger partial charge in [-0.2, -0.15) is 11.8 Å². The molecule has 1 N–H and O–H groups in total. The van der Waals surface area contributed by atoms with Gasteiger partial charge in [0.2, 0.25) is 5.91 Å². The monoisotopic (exact) mass is 253 g/mol. The summed E-state index contributed by atoms with van der Waals surface area (Å²) in [6.45, 7) is 2.20. The molecule has 1 saturated carbocycles. The first-order valence-electron chi connectivity index (χ1n) is 6.88. The van der Waals surface area contributed by atoms with Crippen LogP contribution in [0.4, 0.5) is 0 Å². The average molecular weight is 253 g/mol. The fraction of sp³-hybridized carbons (Fsp3) is 0.786. The molecule has 0 aromatic carbocycles. The third kappa shape index (κ3) is 3.51. The minimum absolute atomic E-state index is 0.230. The summed E-state index contributed by atoms with van der Waals surface area (Å²) in [6.07, 6.45) is 11.1. The van der Waals surface area contributed by atoms with Crippen LogP contribution < -0.4 is 5.32 Å². The molecule has 96 valence electrons. The summed E-state index contributed by atoms with van der Waals surface area (Å²) in [5.74, 6) is 1.68. The van der Waals surface area contributed by atoms with Crippen molar-refractivity contribution < 1.29 is 4.79 Å². The van der Waals surface area contributed by atoms with Crippen LogP contribution >= 0.6 is 11.8 Å². The Kier molecular flexibility index (Phi) is 4.96. The van der Waals surface area contributed by atoms with E-state index in [-0.39, 0.29) is 5.92 Å². The van der Waals surface area contributed by atoms with Gasteiger partial charge >= 0.3 is 0 Å². The summed E-state index contributed by atoms with van der Waals surface area (Å²) >= 11 is 2.01. The Balaban J connectivity index is 1.82. The number of amides is 1. The highest BCUT2D eigenvalue weighted by molar-refractivity contribution is 7.99. The first-order chi connectivity index (χ1) is 8.31. The summed E-state index contributed by atoms with van der Waals surface area (Å²) in [4.78, 5) is 12.1. The topological polar surface area (TPSA) is 29.1 Å². The van der Waals surface area contributed by atoms with Gasteiger partial charge in [-0.1, -0.05) is 25.5 Å². The lowest BCUT2D eigenvalue weighted by molar-refractivity contribution is -0.125. The van der Waals surface area contributed by atoms with E-state index in [9.17, 15) is 4.79 Å². The smallest absolute Gasteiger partial charge is 0.223 e. The molecule has 2 rings (SSSR count). The molecule has 17 heavy (non-hydrogen) atoms. The molecule has 0 aromatic heterocycles. The van der Waals surface area contributed by atoms with E-state index in [1.54, 1.807) is 0 Å².